The number of amides is 1. The number of carbonyl (C=O) groups is 1. The van der Waals surface area contributed by atoms with Gasteiger partial charge in [0.2, 0.25) is 16.0 Å². The summed E-state index contributed by atoms with van der Waals surface area (Å²) in [5, 5.41) is 20.0. The molecule has 12 nitrogen and oxygen atoms in total. The van der Waals surface area contributed by atoms with E-state index in [1.165, 1.54) is 0 Å². The molecule has 2 aliphatic rings. The van der Waals surface area contributed by atoms with Gasteiger partial charge < -0.3 is 20.3 Å². The lowest BCUT2D eigenvalue weighted by atomic mass is 9.97. The normalized spacial score (nSPS) is 17.5. The Labute approximate surface area is 224 Å². The van der Waals surface area contributed by atoms with Crippen LogP contribution in [0.15, 0.2) is 12.3 Å². The third kappa shape index (κ3) is 7.70. The van der Waals surface area contributed by atoms with Gasteiger partial charge in [-0.25, -0.2) is 22.4 Å². The minimum Gasteiger partial charge on any atom is -0.444 e. The summed E-state index contributed by atoms with van der Waals surface area (Å²) < 4.78 is 34.8. The van der Waals surface area contributed by atoms with Crippen molar-refractivity contribution in [3.63, 3.8) is 0 Å². The number of nitrogens with zero attached hydrogens (tertiary/aromatic N) is 5. The zero-order valence-electron chi connectivity index (χ0n) is 22.4. The van der Waals surface area contributed by atoms with Crippen molar-refractivity contribution in [3.05, 3.63) is 17.8 Å². The van der Waals surface area contributed by atoms with Crippen molar-refractivity contribution in [3.8, 4) is 6.07 Å². The molecule has 3 heterocycles. The van der Waals surface area contributed by atoms with Crippen molar-refractivity contribution in [2.24, 2.45) is 5.92 Å². The molecule has 2 aromatic heterocycles. The van der Waals surface area contributed by atoms with Gasteiger partial charge in [-0.15, -0.1) is 5.10 Å². The first-order valence-electron chi connectivity index (χ1n) is 13.3. The summed E-state index contributed by atoms with van der Waals surface area (Å²) in [6, 6.07) is 3.84. The van der Waals surface area contributed by atoms with Gasteiger partial charge in [-0.3, -0.25) is 0 Å². The van der Waals surface area contributed by atoms with Crippen LogP contribution in [0, 0.1) is 17.2 Å². The molecule has 13 heteroatoms. The van der Waals surface area contributed by atoms with E-state index < -0.39 is 21.7 Å². The van der Waals surface area contributed by atoms with Crippen LogP contribution in [0.1, 0.15) is 64.9 Å². The van der Waals surface area contributed by atoms with Crippen LogP contribution in [0.5, 0.6) is 0 Å². The lowest BCUT2D eigenvalue weighted by molar-refractivity contribution is 0.0516. The van der Waals surface area contributed by atoms with Crippen molar-refractivity contribution in [2.75, 3.05) is 42.1 Å². The number of fused-ring (bicyclic) bond motifs is 1. The highest BCUT2D eigenvalue weighted by atomic mass is 32.2. The second kappa shape index (κ2) is 11.7. The number of anilines is 2. The number of nitrogens with one attached hydrogen (secondary N) is 3. The standard InChI is InChI=1S/C25H38N8O4S/c1-25(2,3)37-24(34)28-16-18-8-11-32(12-9-18)23-29-22(21-14-19(15-26)17-33(21)30-23)27-10-13-38(35,36)31-20-6-4-5-7-20/h14,17-18,20,31H,4-13,16H2,1-3H3,(H,28,34)(H,27,29,30). The number of hydrogen-bond acceptors (Lipinski definition) is 9. The van der Waals surface area contributed by atoms with Gasteiger partial charge in [-0.2, -0.15) is 10.2 Å². The Bertz CT molecular complexity index is 1270. The quantitative estimate of drug-likeness (QED) is 0.431. The first-order chi connectivity index (χ1) is 18.0. The van der Waals surface area contributed by atoms with Crippen molar-refractivity contribution in [1.82, 2.24) is 24.6 Å². The molecule has 3 N–H and O–H groups in total. The summed E-state index contributed by atoms with van der Waals surface area (Å²) in [6.07, 6.45) is 6.81. The molecule has 2 aromatic rings. The average Bonchev–Trinajstić information content (AvgIpc) is 3.51. The maximum absolute atomic E-state index is 12.5. The molecule has 38 heavy (non-hydrogen) atoms. The van der Waals surface area contributed by atoms with E-state index in [-0.39, 0.29) is 18.3 Å². The average molecular weight is 547 g/mol. The van der Waals surface area contributed by atoms with Crippen LogP contribution in [0.2, 0.25) is 0 Å². The molecule has 4 rings (SSSR count). The fraction of sp³-hybridized carbons (Fsp3) is 0.680. The Morgan fingerprint density at radius 3 is 2.58 bits per heavy atom. The Kier molecular flexibility index (Phi) is 8.62. The smallest absolute Gasteiger partial charge is 0.407 e. The van der Waals surface area contributed by atoms with Crippen LogP contribution < -0.4 is 20.3 Å². The van der Waals surface area contributed by atoms with Crippen LogP contribution in [-0.4, -0.2) is 72.7 Å². The summed E-state index contributed by atoms with van der Waals surface area (Å²) in [6.45, 7) is 7.64. The van der Waals surface area contributed by atoms with Gasteiger partial charge in [0.05, 0.1) is 11.3 Å². The largest absolute Gasteiger partial charge is 0.444 e. The maximum atomic E-state index is 12.5. The number of alkyl carbamates (subject to hydrolysis) is 1. The molecule has 1 aliphatic carbocycles. The predicted molar refractivity (Wildman–Crippen MR) is 145 cm³/mol. The molecular weight excluding hydrogens is 508 g/mol. The summed E-state index contributed by atoms with van der Waals surface area (Å²) >= 11 is 0. The molecule has 1 amide bonds. The Balaban J connectivity index is 1.38. The summed E-state index contributed by atoms with van der Waals surface area (Å²) in [4.78, 5) is 18.7. The zero-order chi connectivity index (χ0) is 27.3. The minimum atomic E-state index is -3.41. The van der Waals surface area contributed by atoms with Crippen molar-refractivity contribution in [2.45, 2.75) is 70.9 Å². The van der Waals surface area contributed by atoms with E-state index in [1.54, 1.807) is 16.8 Å². The predicted octanol–water partition coefficient (Wildman–Crippen LogP) is 2.62. The highest BCUT2D eigenvalue weighted by Crippen LogP contribution is 2.24. The number of aromatic nitrogens is 3. The number of piperidine rings is 1. The molecular formula is C25H38N8O4S. The number of carbonyl (C=O) groups excluding carboxylic acids is 1. The van der Waals surface area contributed by atoms with Gasteiger partial charge >= 0.3 is 6.09 Å². The van der Waals surface area contributed by atoms with Crippen LogP contribution in [0.3, 0.4) is 0 Å². The molecule has 0 bridgehead atoms. The molecule has 1 saturated heterocycles. The Hall–Kier alpha value is -3.11. The van der Waals surface area contributed by atoms with Gasteiger partial charge in [0.1, 0.15) is 17.2 Å². The third-order valence-corrected chi connectivity index (χ3v) is 8.21. The van der Waals surface area contributed by atoms with Gasteiger partial charge in [-0.05, 0) is 58.4 Å². The Morgan fingerprint density at radius 2 is 1.92 bits per heavy atom. The van der Waals surface area contributed by atoms with Crippen LogP contribution >= 0.6 is 0 Å². The number of hydrogen-bond donors (Lipinski definition) is 3. The monoisotopic (exact) mass is 546 g/mol. The van der Waals surface area contributed by atoms with E-state index in [0.29, 0.717) is 48.4 Å². The number of sulfonamides is 1. The number of ether oxygens (including phenoxy) is 1. The molecule has 0 radical (unpaired) electrons. The van der Waals surface area contributed by atoms with Crippen LogP contribution in [-0.2, 0) is 14.8 Å². The summed E-state index contributed by atoms with van der Waals surface area (Å²) in [7, 11) is -3.41. The van der Waals surface area contributed by atoms with Crippen molar-refractivity contribution < 1.29 is 17.9 Å². The topological polar surface area (TPSA) is 154 Å². The van der Waals surface area contributed by atoms with Crippen LogP contribution in [0.4, 0.5) is 16.6 Å². The minimum absolute atomic E-state index is 0.0310. The molecule has 1 saturated carbocycles. The lowest BCUT2D eigenvalue weighted by Gasteiger charge is -2.32. The highest BCUT2D eigenvalue weighted by molar-refractivity contribution is 7.89. The van der Waals surface area contributed by atoms with E-state index in [4.69, 9.17) is 9.72 Å². The highest BCUT2D eigenvalue weighted by Gasteiger charge is 2.25. The SMILES string of the molecule is CC(C)(C)OC(=O)NCC1CCN(c2nc(NCCS(=O)(=O)NC3CCCC3)c3cc(C#N)cn3n2)CC1. The van der Waals surface area contributed by atoms with E-state index in [2.05, 4.69) is 31.4 Å². The zero-order valence-corrected chi connectivity index (χ0v) is 23.2. The van der Waals surface area contributed by atoms with E-state index in [1.807, 2.05) is 20.8 Å². The van der Waals surface area contributed by atoms with Gasteiger partial charge in [0.15, 0.2) is 5.82 Å². The van der Waals surface area contributed by atoms with E-state index in [9.17, 15) is 18.5 Å². The van der Waals surface area contributed by atoms with Crippen LogP contribution in [0.25, 0.3) is 5.52 Å². The van der Waals surface area contributed by atoms with E-state index >= 15 is 0 Å². The van der Waals surface area contributed by atoms with Gasteiger partial charge in [0, 0.05) is 38.4 Å². The molecule has 2 fully saturated rings. The van der Waals surface area contributed by atoms with Crippen molar-refractivity contribution >= 4 is 33.4 Å². The van der Waals surface area contributed by atoms with Gasteiger partial charge in [0.25, 0.3) is 0 Å². The maximum Gasteiger partial charge on any atom is 0.407 e. The third-order valence-electron chi connectivity index (χ3n) is 6.78. The fourth-order valence-electron chi connectivity index (χ4n) is 4.85. The second-order valence-corrected chi connectivity index (χ2v) is 13.0. The number of nitriles is 1. The molecule has 0 atom stereocenters. The summed E-state index contributed by atoms with van der Waals surface area (Å²) in [5.41, 5.74) is 0.528. The molecule has 0 unspecified atom stereocenters. The second-order valence-electron chi connectivity index (χ2n) is 11.1. The molecule has 208 valence electrons. The summed E-state index contributed by atoms with van der Waals surface area (Å²) in [5.74, 6) is 1.23. The van der Waals surface area contributed by atoms with Crippen molar-refractivity contribution in [1.29, 1.82) is 5.26 Å². The number of rotatable bonds is 9. The fourth-order valence-corrected chi connectivity index (χ4v) is 6.08. The van der Waals surface area contributed by atoms with E-state index in [0.717, 1.165) is 38.5 Å². The lowest BCUT2D eigenvalue weighted by Crippen LogP contribution is -2.41. The molecule has 0 aromatic carbocycles. The molecule has 0 spiro atoms. The van der Waals surface area contributed by atoms with Gasteiger partial charge in [-0.1, -0.05) is 12.8 Å². The molecule has 1 aliphatic heterocycles. The Morgan fingerprint density at radius 1 is 1.21 bits per heavy atom. The first kappa shape index (κ1) is 27.9. The first-order valence-corrected chi connectivity index (χ1v) is 14.9.